The first kappa shape index (κ1) is 15.1. The predicted octanol–water partition coefficient (Wildman–Crippen LogP) is 1.92. The molecule has 0 bridgehead atoms. The summed E-state index contributed by atoms with van der Waals surface area (Å²) in [6.45, 7) is 4.21. The van der Waals surface area contributed by atoms with Crippen molar-refractivity contribution in [2.24, 2.45) is 5.73 Å². The molecule has 1 unspecified atom stereocenters. The number of aliphatic hydroxyl groups is 1. The largest absolute Gasteiger partial charge is 0.395 e. The van der Waals surface area contributed by atoms with Crippen LogP contribution in [0.15, 0.2) is 24.3 Å². The molecular weight excluding hydrogens is 231 g/mol. The van der Waals surface area contributed by atoms with E-state index in [2.05, 4.69) is 11.8 Å². The Morgan fingerprint density at radius 1 is 1.28 bits per heavy atom. The molecule has 0 aliphatic carbocycles. The average molecular weight is 254 g/mol. The first-order valence-electron chi connectivity index (χ1n) is 6.53. The fourth-order valence-electron chi connectivity index (χ4n) is 2.09. The van der Waals surface area contributed by atoms with Crippen LogP contribution in [0.3, 0.4) is 0 Å². The molecule has 0 saturated heterocycles. The third-order valence-corrected chi connectivity index (χ3v) is 3.10. The second-order valence-electron chi connectivity index (χ2n) is 4.42. The van der Waals surface area contributed by atoms with Crippen molar-refractivity contribution in [1.82, 2.24) is 4.90 Å². The molecule has 4 heteroatoms. The topological polar surface area (TPSA) is 49.5 Å². The minimum atomic E-state index is -0.239. The van der Waals surface area contributed by atoms with Gasteiger partial charge >= 0.3 is 0 Å². The number of unbranched alkanes of at least 4 members (excludes halogenated alkanes) is 1. The molecule has 3 N–H and O–H groups in total. The Hall–Kier alpha value is -0.970. The lowest BCUT2D eigenvalue weighted by Crippen LogP contribution is -2.36. The van der Waals surface area contributed by atoms with Gasteiger partial charge in [-0.3, -0.25) is 4.90 Å². The molecule has 0 heterocycles. The van der Waals surface area contributed by atoms with Gasteiger partial charge in [0.15, 0.2) is 0 Å². The van der Waals surface area contributed by atoms with Crippen molar-refractivity contribution in [2.75, 3.05) is 26.2 Å². The average Bonchev–Trinajstić information content (AvgIpc) is 2.39. The molecule has 1 aromatic rings. The Kier molecular flexibility index (Phi) is 6.86. The molecule has 3 nitrogen and oxygen atoms in total. The molecule has 0 saturated carbocycles. The van der Waals surface area contributed by atoms with E-state index in [1.54, 1.807) is 12.1 Å². The molecular formula is C14H23FN2O. The zero-order valence-corrected chi connectivity index (χ0v) is 11.0. The van der Waals surface area contributed by atoms with Gasteiger partial charge in [0.2, 0.25) is 0 Å². The number of nitrogens with zero attached hydrogens (tertiary/aromatic N) is 1. The number of aliphatic hydroxyl groups excluding tert-OH is 1. The van der Waals surface area contributed by atoms with Crippen LogP contribution in [0.4, 0.5) is 4.39 Å². The van der Waals surface area contributed by atoms with Crippen LogP contribution in [0.2, 0.25) is 0 Å². The summed E-state index contributed by atoms with van der Waals surface area (Å²) in [5.74, 6) is -0.239. The van der Waals surface area contributed by atoms with Crippen molar-refractivity contribution in [3.05, 3.63) is 35.6 Å². The summed E-state index contributed by atoms with van der Waals surface area (Å²) < 4.78 is 12.9. The van der Waals surface area contributed by atoms with Crippen LogP contribution in [-0.2, 0) is 0 Å². The number of hydrogen-bond donors (Lipinski definition) is 2. The summed E-state index contributed by atoms with van der Waals surface area (Å²) in [4.78, 5) is 2.16. The maximum absolute atomic E-state index is 12.9. The standard InChI is InChI=1S/C14H23FN2O/c1-2-3-8-17(9-10-18)14(11-16)12-4-6-13(15)7-5-12/h4-7,14,18H,2-3,8-11,16H2,1H3. The summed E-state index contributed by atoms with van der Waals surface area (Å²) in [7, 11) is 0. The minimum absolute atomic E-state index is 0.0456. The smallest absolute Gasteiger partial charge is 0.123 e. The quantitative estimate of drug-likeness (QED) is 0.745. The summed E-state index contributed by atoms with van der Waals surface area (Å²) >= 11 is 0. The van der Waals surface area contributed by atoms with Crippen LogP contribution in [0.25, 0.3) is 0 Å². The van der Waals surface area contributed by atoms with E-state index >= 15 is 0 Å². The number of rotatable bonds is 8. The molecule has 1 rings (SSSR count). The maximum atomic E-state index is 12.9. The Morgan fingerprint density at radius 2 is 1.94 bits per heavy atom. The van der Waals surface area contributed by atoms with Crippen molar-refractivity contribution in [3.63, 3.8) is 0 Å². The van der Waals surface area contributed by atoms with Crippen LogP contribution < -0.4 is 5.73 Å². The number of hydrogen-bond acceptors (Lipinski definition) is 3. The molecule has 0 aromatic heterocycles. The van der Waals surface area contributed by atoms with Gasteiger partial charge in [0, 0.05) is 19.1 Å². The van der Waals surface area contributed by atoms with E-state index in [0.717, 1.165) is 24.9 Å². The van der Waals surface area contributed by atoms with Crippen LogP contribution in [0, 0.1) is 5.82 Å². The van der Waals surface area contributed by atoms with E-state index < -0.39 is 0 Å². The fraction of sp³-hybridized carbons (Fsp3) is 0.571. The monoisotopic (exact) mass is 254 g/mol. The van der Waals surface area contributed by atoms with Crippen LogP contribution >= 0.6 is 0 Å². The highest BCUT2D eigenvalue weighted by molar-refractivity contribution is 5.20. The third kappa shape index (κ3) is 4.37. The molecule has 0 aliphatic rings. The highest BCUT2D eigenvalue weighted by Gasteiger charge is 2.18. The molecule has 102 valence electrons. The SMILES string of the molecule is CCCCN(CCO)C(CN)c1ccc(F)cc1. The molecule has 1 atom stereocenters. The van der Waals surface area contributed by atoms with E-state index in [1.165, 1.54) is 12.1 Å². The van der Waals surface area contributed by atoms with Crippen molar-refractivity contribution in [1.29, 1.82) is 0 Å². The van der Waals surface area contributed by atoms with Crippen molar-refractivity contribution in [3.8, 4) is 0 Å². The number of halogens is 1. The molecule has 18 heavy (non-hydrogen) atoms. The Morgan fingerprint density at radius 3 is 2.44 bits per heavy atom. The summed E-state index contributed by atoms with van der Waals surface area (Å²) in [6.07, 6.45) is 2.17. The van der Waals surface area contributed by atoms with Gasteiger partial charge in [0.05, 0.1) is 6.61 Å². The van der Waals surface area contributed by atoms with Gasteiger partial charge in [0.25, 0.3) is 0 Å². The van der Waals surface area contributed by atoms with Gasteiger partial charge in [-0.25, -0.2) is 4.39 Å². The number of benzene rings is 1. The summed E-state index contributed by atoms with van der Waals surface area (Å²) in [6, 6.07) is 6.49. The van der Waals surface area contributed by atoms with Gasteiger partial charge in [-0.15, -0.1) is 0 Å². The van der Waals surface area contributed by atoms with E-state index in [0.29, 0.717) is 13.1 Å². The Labute approximate surface area is 108 Å². The Balaban J connectivity index is 2.79. The fourth-order valence-corrected chi connectivity index (χ4v) is 2.09. The van der Waals surface area contributed by atoms with Gasteiger partial charge in [-0.2, -0.15) is 0 Å². The lowest BCUT2D eigenvalue weighted by Gasteiger charge is -2.30. The predicted molar refractivity (Wildman–Crippen MR) is 71.8 cm³/mol. The van der Waals surface area contributed by atoms with Gasteiger partial charge in [0.1, 0.15) is 5.82 Å². The van der Waals surface area contributed by atoms with Crippen LogP contribution in [0.1, 0.15) is 31.4 Å². The normalized spacial score (nSPS) is 12.9. The zero-order valence-electron chi connectivity index (χ0n) is 11.0. The van der Waals surface area contributed by atoms with E-state index in [1.807, 2.05) is 0 Å². The molecule has 1 aromatic carbocycles. The summed E-state index contributed by atoms with van der Waals surface area (Å²) in [5.41, 5.74) is 6.83. The second-order valence-corrected chi connectivity index (χ2v) is 4.42. The molecule has 0 amide bonds. The van der Waals surface area contributed by atoms with E-state index in [4.69, 9.17) is 10.8 Å². The minimum Gasteiger partial charge on any atom is -0.395 e. The highest BCUT2D eigenvalue weighted by Crippen LogP contribution is 2.20. The lowest BCUT2D eigenvalue weighted by molar-refractivity contribution is 0.151. The lowest BCUT2D eigenvalue weighted by atomic mass is 10.0. The Bertz CT molecular complexity index is 329. The van der Waals surface area contributed by atoms with Crippen molar-refractivity contribution >= 4 is 0 Å². The molecule has 0 aliphatic heterocycles. The van der Waals surface area contributed by atoms with E-state index in [-0.39, 0.29) is 18.5 Å². The zero-order chi connectivity index (χ0) is 13.4. The van der Waals surface area contributed by atoms with Gasteiger partial charge in [-0.05, 0) is 30.7 Å². The van der Waals surface area contributed by atoms with Gasteiger partial charge < -0.3 is 10.8 Å². The van der Waals surface area contributed by atoms with Crippen LogP contribution in [-0.4, -0.2) is 36.2 Å². The first-order valence-corrected chi connectivity index (χ1v) is 6.53. The molecule has 0 radical (unpaired) electrons. The van der Waals surface area contributed by atoms with E-state index in [9.17, 15) is 4.39 Å². The summed E-state index contributed by atoms with van der Waals surface area (Å²) in [5, 5.41) is 9.13. The van der Waals surface area contributed by atoms with Crippen LogP contribution in [0.5, 0.6) is 0 Å². The van der Waals surface area contributed by atoms with Gasteiger partial charge in [-0.1, -0.05) is 25.5 Å². The third-order valence-electron chi connectivity index (χ3n) is 3.10. The van der Waals surface area contributed by atoms with Crippen molar-refractivity contribution < 1.29 is 9.50 Å². The second kappa shape index (κ2) is 8.19. The van der Waals surface area contributed by atoms with Crippen molar-refractivity contribution in [2.45, 2.75) is 25.8 Å². The highest BCUT2D eigenvalue weighted by atomic mass is 19.1. The number of nitrogens with two attached hydrogens (primary N) is 1. The maximum Gasteiger partial charge on any atom is 0.123 e. The molecule has 0 fully saturated rings. The molecule has 0 spiro atoms. The first-order chi connectivity index (χ1) is 8.72.